The standard InChI is InChI=1S/C14H26N2O2/c17-14(13-11-18-10-9-15-13)16-8-4-3-7-12-5-1-2-6-12/h12-13,15H,1-11H2,(H,16,17). The highest BCUT2D eigenvalue weighted by molar-refractivity contribution is 5.81. The zero-order valence-electron chi connectivity index (χ0n) is 11.2. The van der Waals surface area contributed by atoms with E-state index in [1.165, 1.54) is 38.5 Å². The fourth-order valence-electron chi connectivity index (χ4n) is 2.93. The molecule has 2 aliphatic rings. The molecule has 104 valence electrons. The maximum Gasteiger partial charge on any atom is 0.239 e. The van der Waals surface area contributed by atoms with Gasteiger partial charge >= 0.3 is 0 Å². The van der Waals surface area contributed by atoms with Crippen LogP contribution in [0.25, 0.3) is 0 Å². The van der Waals surface area contributed by atoms with Gasteiger partial charge in [0.05, 0.1) is 13.2 Å². The molecule has 1 saturated carbocycles. The van der Waals surface area contributed by atoms with E-state index in [0.717, 1.165) is 25.4 Å². The van der Waals surface area contributed by atoms with Crippen LogP contribution in [-0.4, -0.2) is 38.3 Å². The van der Waals surface area contributed by atoms with Crippen LogP contribution < -0.4 is 10.6 Å². The summed E-state index contributed by atoms with van der Waals surface area (Å²) in [6, 6.07) is -0.145. The predicted octanol–water partition coefficient (Wildman–Crippen LogP) is 1.45. The number of hydrogen-bond donors (Lipinski definition) is 2. The van der Waals surface area contributed by atoms with Gasteiger partial charge in [-0.25, -0.2) is 0 Å². The van der Waals surface area contributed by atoms with Gasteiger partial charge in [-0.3, -0.25) is 4.79 Å². The van der Waals surface area contributed by atoms with Crippen molar-refractivity contribution in [3.8, 4) is 0 Å². The number of carbonyl (C=O) groups excluding carboxylic acids is 1. The first-order chi connectivity index (χ1) is 8.86. The third kappa shape index (κ3) is 4.58. The lowest BCUT2D eigenvalue weighted by atomic mass is 10.0. The van der Waals surface area contributed by atoms with Crippen LogP contribution in [0.4, 0.5) is 0 Å². The van der Waals surface area contributed by atoms with Crippen LogP contribution in [0.3, 0.4) is 0 Å². The van der Waals surface area contributed by atoms with Gasteiger partial charge in [0, 0.05) is 13.1 Å². The first-order valence-electron chi connectivity index (χ1n) is 7.45. The van der Waals surface area contributed by atoms with Crippen LogP contribution in [0.1, 0.15) is 44.9 Å². The Bertz CT molecular complexity index is 246. The molecule has 0 aromatic heterocycles. The lowest BCUT2D eigenvalue weighted by molar-refractivity contribution is -0.125. The van der Waals surface area contributed by atoms with E-state index in [4.69, 9.17) is 4.74 Å². The van der Waals surface area contributed by atoms with E-state index < -0.39 is 0 Å². The number of rotatable bonds is 6. The van der Waals surface area contributed by atoms with E-state index in [0.29, 0.717) is 13.2 Å². The van der Waals surface area contributed by atoms with Crippen molar-refractivity contribution in [1.29, 1.82) is 0 Å². The molecule has 4 heteroatoms. The van der Waals surface area contributed by atoms with Crippen LogP contribution in [0.15, 0.2) is 0 Å². The molecule has 4 nitrogen and oxygen atoms in total. The second-order valence-corrected chi connectivity index (χ2v) is 5.52. The number of unbranched alkanes of at least 4 members (excludes halogenated alkanes) is 1. The Labute approximate surface area is 110 Å². The molecule has 2 N–H and O–H groups in total. The van der Waals surface area contributed by atoms with Crippen molar-refractivity contribution in [2.45, 2.75) is 51.0 Å². The number of carbonyl (C=O) groups is 1. The van der Waals surface area contributed by atoms with Crippen LogP contribution in [0.5, 0.6) is 0 Å². The summed E-state index contributed by atoms with van der Waals surface area (Å²) in [5.74, 6) is 1.06. The predicted molar refractivity (Wildman–Crippen MR) is 71.4 cm³/mol. The summed E-state index contributed by atoms with van der Waals surface area (Å²) >= 11 is 0. The van der Waals surface area contributed by atoms with E-state index in [2.05, 4.69) is 10.6 Å². The average Bonchev–Trinajstić information content (AvgIpc) is 2.92. The summed E-state index contributed by atoms with van der Waals surface area (Å²) in [7, 11) is 0. The normalized spacial score (nSPS) is 25.2. The maximum atomic E-state index is 11.8. The SMILES string of the molecule is O=C(NCCCCC1CCCC1)C1COCCN1. The third-order valence-electron chi connectivity index (χ3n) is 4.05. The number of amides is 1. The minimum Gasteiger partial charge on any atom is -0.378 e. The first kappa shape index (κ1) is 13.8. The highest BCUT2D eigenvalue weighted by Gasteiger charge is 2.20. The van der Waals surface area contributed by atoms with E-state index in [1.807, 2.05) is 0 Å². The molecule has 0 radical (unpaired) electrons. The van der Waals surface area contributed by atoms with Gasteiger partial charge in [-0.1, -0.05) is 38.5 Å². The van der Waals surface area contributed by atoms with Crippen LogP contribution >= 0.6 is 0 Å². The van der Waals surface area contributed by atoms with E-state index >= 15 is 0 Å². The largest absolute Gasteiger partial charge is 0.378 e. The Balaban J connectivity index is 1.48. The summed E-state index contributed by atoms with van der Waals surface area (Å²) in [6.07, 6.45) is 9.41. The molecule has 0 aromatic carbocycles. The van der Waals surface area contributed by atoms with Crippen molar-refractivity contribution in [2.24, 2.45) is 5.92 Å². The molecular weight excluding hydrogens is 228 g/mol. The van der Waals surface area contributed by atoms with Crippen molar-refractivity contribution >= 4 is 5.91 Å². The summed E-state index contributed by atoms with van der Waals surface area (Å²) in [6.45, 7) is 2.81. The van der Waals surface area contributed by atoms with E-state index in [9.17, 15) is 4.79 Å². The zero-order chi connectivity index (χ0) is 12.6. The number of nitrogens with one attached hydrogen (secondary N) is 2. The lowest BCUT2D eigenvalue weighted by Crippen LogP contribution is -2.51. The van der Waals surface area contributed by atoms with Crippen molar-refractivity contribution < 1.29 is 9.53 Å². The third-order valence-corrected chi connectivity index (χ3v) is 4.05. The second kappa shape index (κ2) is 7.74. The van der Waals surface area contributed by atoms with Gasteiger partial charge in [0.2, 0.25) is 5.91 Å². The molecule has 0 bridgehead atoms. The van der Waals surface area contributed by atoms with Gasteiger partial charge in [-0.2, -0.15) is 0 Å². The van der Waals surface area contributed by atoms with Crippen LogP contribution in [0, 0.1) is 5.92 Å². The van der Waals surface area contributed by atoms with Crippen molar-refractivity contribution in [3.05, 3.63) is 0 Å². The molecule has 1 atom stereocenters. The van der Waals surface area contributed by atoms with E-state index in [-0.39, 0.29) is 11.9 Å². The fraction of sp³-hybridized carbons (Fsp3) is 0.929. The van der Waals surface area contributed by atoms with Gasteiger partial charge in [-0.15, -0.1) is 0 Å². The minimum absolute atomic E-state index is 0.0931. The average molecular weight is 254 g/mol. The molecule has 0 aromatic rings. The molecule has 1 saturated heterocycles. The summed E-state index contributed by atoms with van der Waals surface area (Å²) < 4.78 is 5.27. The Hall–Kier alpha value is -0.610. The van der Waals surface area contributed by atoms with Crippen molar-refractivity contribution in [2.75, 3.05) is 26.3 Å². The van der Waals surface area contributed by atoms with E-state index in [1.54, 1.807) is 0 Å². The Morgan fingerprint density at radius 2 is 2.11 bits per heavy atom. The lowest BCUT2D eigenvalue weighted by Gasteiger charge is -2.22. The van der Waals surface area contributed by atoms with Gasteiger partial charge in [0.15, 0.2) is 0 Å². The molecule has 2 fully saturated rings. The Morgan fingerprint density at radius 3 is 2.83 bits per heavy atom. The summed E-state index contributed by atoms with van der Waals surface area (Å²) in [4.78, 5) is 11.8. The highest BCUT2D eigenvalue weighted by Crippen LogP contribution is 2.28. The number of ether oxygens (including phenoxy) is 1. The van der Waals surface area contributed by atoms with Gasteiger partial charge in [-0.05, 0) is 12.3 Å². The topological polar surface area (TPSA) is 50.4 Å². The minimum atomic E-state index is -0.145. The molecular formula is C14H26N2O2. The molecule has 1 aliphatic heterocycles. The fourth-order valence-corrected chi connectivity index (χ4v) is 2.93. The van der Waals surface area contributed by atoms with Crippen LogP contribution in [0.2, 0.25) is 0 Å². The van der Waals surface area contributed by atoms with Crippen molar-refractivity contribution in [3.63, 3.8) is 0 Å². The number of morpholine rings is 1. The molecule has 18 heavy (non-hydrogen) atoms. The smallest absolute Gasteiger partial charge is 0.239 e. The van der Waals surface area contributed by atoms with Crippen molar-refractivity contribution in [1.82, 2.24) is 10.6 Å². The summed E-state index contributed by atoms with van der Waals surface area (Å²) in [5, 5.41) is 6.16. The maximum absolute atomic E-state index is 11.8. The summed E-state index contributed by atoms with van der Waals surface area (Å²) in [5.41, 5.74) is 0. The molecule has 1 amide bonds. The molecule has 1 unspecified atom stereocenters. The monoisotopic (exact) mass is 254 g/mol. The van der Waals surface area contributed by atoms with Gasteiger partial charge in [0.1, 0.15) is 6.04 Å². The van der Waals surface area contributed by atoms with Crippen LogP contribution in [-0.2, 0) is 9.53 Å². The first-order valence-corrected chi connectivity index (χ1v) is 7.45. The zero-order valence-corrected chi connectivity index (χ0v) is 11.2. The quantitative estimate of drug-likeness (QED) is 0.705. The Kier molecular flexibility index (Phi) is 5.94. The molecule has 1 heterocycles. The van der Waals surface area contributed by atoms with Gasteiger partial charge in [0.25, 0.3) is 0 Å². The highest BCUT2D eigenvalue weighted by atomic mass is 16.5. The molecule has 2 rings (SSSR count). The molecule has 1 aliphatic carbocycles. The Morgan fingerprint density at radius 1 is 1.28 bits per heavy atom. The number of hydrogen-bond acceptors (Lipinski definition) is 3. The molecule has 0 spiro atoms. The second-order valence-electron chi connectivity index (χ2n) is 5.52. The van der Waals surface area contributed by atoms with Gasteiger partial charge < -0.3 is 15.4 Å².